The second-order valence-electron chi connectivity index (χ2n) is 1.67. The van der Waals surface area contributed by atoms with Crippen molar-refractivity contribution in [3.63, 3.8) is 0 Å². The Kier molecular flexibility index (Phi) is 2.68. The average Bonchev–Trinajstić information content (AvgIpc) is 1.65. The summed E-state index contributed by atoms with van der Waals surface area (Å²) in [5.74, 6) is 0. The lowest BCUT2D eigenvalue weighted by Crippen LogP contribution is -1.96. The molecule has 0 bridgehead atoms. The molecule has 1 heteroatoms. The molecule has 0 rings (SSSR count). The summed E-state index contributed by atoms with van der Waals surface area (Å²) in [7, 11) is 0. The lowest BCUT2D eigenvalue weighted by atomic mass is 10.2. The van der Waals surface area contributed by atoms with Crippen LogP contribution < -0.4 is 0 Å². The summed E-state index contributed by atoms with van der Waals surface area (Å²) in [6, 6.07) is 0. The first-order chi connectivity index (χ1) is 3.18. The van der Waals surface area contributed by atoms with Crippen molar-refractivity contribution in [2.24, 2.45) is 0 Å². The quantitative estimate of drug-likeness (QED) is 0.446. The first kappa shape index (κ1) is 6.70. The van der Waals surface area contributed by atoms with Gasteiger partial charge in [-0.3, -0.25) is 0 Å². The van der Waals surface area contributed by atoms with E-state index in [1.54, 1.807) is 6.92 Å². The maximum Gasteiger partial charge on any atom is 0.111 e. The summed E-state index contributed by atoms with van der Waals surface area (Å²) < 4.78 is 0. The lowest BCUT2D eigenvalue weighted by Gasteiger charge is -1.96. The molecule has 1 atom stereocenters. The van der Waals surface area contributed by atoms with Crippen molar-refractivity contribution in [2.45, 2.75) is 26.9 Å². The van der Waals surface area contributed by atoms with E-state index in [-0.39, 0.29) is 0 Å². The second-order valence-corrected chi connectivity index (χ2v) is 1.67. The van der Waals surface area contributed by atoms with Gasteiger partial charge in [-0.15, -0.1) is 0 Å². The predicted octanol–water partition coefficient (Wildman–Crippen LogP) is 1.77. The summed E-state index contributed by atoms with van der Waals surface area (Å²) in [6.07, 6.45) is 1.32. The van der Waals surface area contributed by atoms with Crippen LogP contribution in [0.3, 0.4) is 0 Å². The molecule has 7 heavy (non-hydrogen) atoms. The van der Waals surface area contributed by atoms with Gasteiger partial charge in [-0.2, -0.15) is 0 Å². The zero-order valence-corrected chi connectivity index (χ0v) is 5.06. The summed E-state index contributed by atoms with van der Waals surface area (Å²) in [5.41, 5.74) is 0.917. The standard InChI is InChI=1S/C6H11O/c1-4-5(2)6(3)7/h4,6H,1-3H3. The molecule has 0 saturated heterocycles. The van der Waals surface area contributed by atoms with Gasteiger partial charge in [-0.1, -0.05) is 6.08 Å². The average molecular weight is 99.2 g/mol. The third-order valence-corrected chi connectivity index (χ3v) is 1.10. The molecule has 0 N–H and O–H groups in total. The van der Waals surface area contributed by atoms with Gasteiger partial charge in [0, 0.05) is 0 Å². The number of allylic oxidation sites excluding steroid dienone is 1. The zero-order chi connectivity index (χ0) is 5.86. The fraction of sp³-hybridized carbons (Fsp3) is 0.667. The normalized spacial score (nSPS) is 16.9. The molecule has 0 spiro atoms. The fourth-order valence-electron chi connectivity index (χ4n) is 0.235. The third kappa shape index (κ3) is 2.40. The minimum Gasteiger partial charge on any atom is -0.229 e. The highest BCUT2D eigenvalue weighted by Gasteiger charge is 1.95. The Morgan fingerprint density at radius 3 is 2.14 bits per heavy atom. The van der Waals surface area contributed by atoms with Crippen LogP contribution in [0, 0.1) is 0 Å². The molecule has 41 valence electrons. The fourth-order valence-corrected chi connectivity index (χ4v) is 0.235. The molecule has 0 aromatic rings. The molecule has 0 aliphatic rings. The molecule has 0 aromatic heterocycles. The topological polar surface area (TPSA) is 19.9 Å². The van der Waals surface area contributed by atoms with Gasteiger partial charge in [-0.25, -0.2) is 5.11 Å². The predicted molar refractivity (Wildman–Crippen MR) is 29.6 cm³/mol. The van der Waals surface area contributed by atoms with Crippen molar-refractivity contribution in [2.75, 3.05) is 0 Å². The maximum atomic E-state index is 10.4. The van der Waals surface area contributed by atoms with E-state index in [9.17, 15) is 5.11 Å². The van der Waals surface area contributed by atoms with Gasteiger partial charge in [0.1, 0.15) is 6.10 Å². The van der Waals surface area contributed by atoms with Crippen LogP contribution in [0.15, 0.2) is 11.6 Å². The molecule has 1 nitrogen and oxygen atoms in total. The summed E-state index contributed by atoms with van der Waals surface area (Å²) in [5, 5.41) is 10.4. The van der Waals surface area contributed by atoms with Gasteiger partial charge in [-0.05, 0) is 26.3 Å². The van der Waals surface area contributed by atoms with Gasteiger partial charge in [0.05, 0.1) is 0 Å². The van der Waals surface area contributed by atoms with Crippen LogP contribution in [0.25, 0.3) is 0 Å². The van der Waals surface area contributed by atoms with E-state index >= 15 is 0 Å². The number of hydrogen-bond acceptors (Lipinski definition) is 0. The Balaban J connectivity index is 3.56. The first-order valence-electron chi connectivity index (χ1n) is 2.47. The molecule has 0 saturated carbocycles. The van der Waals surface area contributed by atoms with Crippen LogP contribution >= 0.6 is 0 Å². The molecular weight excluding hydrogens is 88.1 g/mol. The van der Waals surface area contributed by atoms with E-state index in [1.165, 1.54) is 0 Å². The second kappa shape index (κ2) is 2.80. The SMILES string of the molecule is CC=C(C)C(C)[O]. The number of rotatable bonds is 1. The first-order valence-corrected chi connectivity index (χ1v) is 2.47. The van der Waals surface area contributed by atoms with Crippen molar-refractivity contribution in [3.05, 3.63) is 11.6 Å². The molecule has 0 amide bonds. The van der Waals surface area contributed by atoms with Gasteiger partial charge in [0.2, 0.25) is 0 Å². The van der Waals surface area contributed by atoms with Gasteiger partial charge < -0.3 is 0 Å². The van der Waals surface area contributed by atoms with Gasteiger partial charge in [0.25, 0.3) is 0 Å². The van der Waals surface area contributed by atoms with E-state index in [4.69, 9.17) is 0 Å². The highest BCUT2D eigenvalue weighted by atomic mass is 16.3. The van der Waals surface area contributed by atoms with Crippen molar-refractivity contribution in [3.8, 4) is 0 Å². The summed E-state index contributed by atoms with van der Waals surface area (Å²) in [6.45, 7) is 5.37. The van der Waals surface area contributed by atoms with Crippen molar-refractivity contribution >= 4 is 0 Å². The Hall–Kier alpha value is -0.300. The minimum atomic E-state index is -0.523. The van der Waals surface area contributed by atoms with Crippen LogP contribution in [-0.4, -0.2) is 6.10 Å². The van der Waals surface area contributed by atoms with E-state index in [2.05, 4.69) is 0 Å². The Labute approximate surface area is 44.7 Å². The van der Waals surface area contributed by atoms with Crippen molar-refractivity contribution < 1.29 is 5.11 Å². The largest absolute Gasteiger partial charge is 0.229 e. The molecule has 1 unspecified atom stereocenters. The molecular formula is C6H11O. The molecule has 1 radical (unpaired) electrons. The van der Waals surface area contributed by atoms with Crippen molar-refractivity contribution in [1.82, 2.24) is 0 Å². The van der Waals surface area contributed by atoms with Crippen molar-refractivity contribution in [1.29, 1.82) is 0 Å². The smallest absolute Gasteiger partial charge is 0.111 e. The maximum absolute atomic E-state index is 10.4. The minimum absolute atomic E-state index is 0.523. The van der Waals surface area contributed by atoms with E-state index in [1.807, 2.05) is 19.9 Å². The summed E-state index contributed by atoms with van der Waals surface area (Å²) >= 11 is 0. The van der Waals surface area contributed by atoms with Crippen LogP contribution in [0.2, 0.25) is 0 Å². The Morgan fingerprint density at radius 1 is 1.71 bits per heavy atom. The zero-order valence-electron chi connectivity index (χ0n) is 5.06. The highest BCUT2D eigenvalue weighted by molar-refractivity contribution is 4.99. The Morgan fingerprint density at radius 2 is 2.14 bits per heavy atom. The highest BCUT2D eigenvalue weighted by Crippen LogP contribution is 1.97. The molecule has 0 heterocycles. The van der Waals surface area contributed by atoms with Crippen LogP contribution in [-0.2, 0) is 5.11 Å². The van der Waals surface area contributed by atoms with E-state index in [0.29, 0.717) is 0 Å². The summed E-state index contributed by atoms with van der Waals surface area (Å²) in [4.78, 5) is 0. The number of hydrogen-bond donors (Lipinski definition) is 0. The van der Waals surface area contributed by atoms with Gasteiger partial charge in [0.15, 0.2) is 0 Å². The monoisotopic (exact) mass is 99.1 g/mol. The third-order valence-electron chi connectivity index (χ3n) is 1.10. The van der Waals surface area contributed by atoms with Crippen LogP contribution in [0.4, 0.5) is 0 Å². The molecule has 0 aliphatic carbocycles. The van der Waals surface area contributed by atoms with Crippen LogP contribution in [0.1, 0.15) is 20.8 Å². The molecule has 0 aromatic carbocycles. The lowest BCUT2D eigenvalue weighted by molar-refractivity contribution is 0.136. The molecule has 0 aliphatic heterocycles. The van der Waals surface area contributed by atoms with E-state index < -0.39 is 6.10 Å². The van der Waals surface area contributed by atoms with Gasteiger partial charge >= 0.3 is 0 Å². The molecule has 0 fully saturated rings. The van der Waals surface area contributed by atoms with Crippen LogP contribution in [0.5, 0.6) is 0 Å². The Bertz CT molecular complexity index is 72.2. The van der Waals surface area contributed by atoms with E-state index in [0.717, 1.165) is 5.57 Å².